The van der Waals surface area contributed by atoms with Crippen molar-refractivity contribution < 1.29 is 8.42 Å². The maximum absolute atomic E-state index is 12.5. The number of nitrogens with one attached hydrogen (secondary N) is 2. The van der Waals surface area contributed by atoms with Gasteiger partial charge in [-0.2, -0.15) is 0 Å². The molecule has 2 N–H and O–H groups in total. The molecule has 2 saturated carbocycles. The second-order valence-electron chi connectivity index (χ2n) is 6.80. The van der Waals surface area contributed by atoms with Gasteiger partial charge in [0, 0.05) is 23.0 Å². The fraction of sp³-hybridized carbons (Fsp3) is 0.733. The minimum atomic E-state index is -3.38. The molecule has 118 valence electrons. The fourth-order valence-electron chi connectivity index (χ4n) is 2.61. The molecule has 0 spiro atoms. The van der Waals surface area contributed by atoms with Crippen LogP contribution in [0.3, 0.4) is 0 Å². The zero-order valence-electron chi connectivity index (χ0n) is 12.7. The van der Waals surface area contributed by atoms with E-state index >= 15 is 0 Å². The first-order chi connectivity index (χ1) is 9.87. The van der Waals surface area contributed by atoms with Crippen molar-refractivity contribution in [3.05, 3.63) is 17.0 Å². The fourth-order valence-corrected chi connectivity index (χ4v) is 5.44. The lowest BCUT2D eigenvalue weighted by molar-refractivity contribution is 0.401. The molecule has 4 nitrogen and oxygen atoms in total. The summed E-state index contributed by atoms with van der Waals surface area (Å²) in [5.74, 6) is 0.481. The molecule has 1 heterocycles. The van der Waals surface area contributed by atoms with E-state index in [0.717, 1.165) is 30.7 Å². The summed E-state index contributed by atoms with van der Waals surface area (Å²) in [6, 6.07) is 4.38. The van der Waals surface area contributed by atoms with E-state index in [0.29, 0.717) is 16.2 Å². The van der Waals surface area contributed by atoms with Crippen LogP contribution < -0.4 is 10.0 Å². The van der Waals surface area contributed by atoms with Gasteiger partial charge < -0.3 is 5.32 Å². The summed E-state index contributed by atoms with van der Waals surface area (Å²) in [6.45, 7) is 4.90. The second-order valence-corrected chi connectivity index (χ2v) is 9.88. The third kappa shape index (κ3) is 4.06. The number of hydrogen-bond donors (Lipinski definition) is 2. The van der Waals surface area contributed by atoms with Gasteiger partial charge in [0.2, 0.25) is 0 Å². The van der Waals surface area contributed by atoms with Crippen LogP contribution in [0.2, 0.25) is 0 Å². The summed E-state index contributed by atoms with van der Waals surface area (Å²) < 4.78 is 28.3. The smallest absolute Gasteiger partial charge is 0.250 e. The number of sulfonamides is 1. The van der Waals surface area contributed by atoms with E-state index in [1.54, 1.807) is 6.07 Å². The summed E-state index contributed by atoms with van der Waals surface area (Å²) in [6.07, 6.45) is 5.72. The van der Waals surface area contributed by atoms with Crippen molar-refractivity contribution in [2.45, 2.75) is 61.7 Å². The molecule has 2 aliphatic rings. The predicted molar refractivity (Wildman–Crippen MR) is 86.2 cm³/mol. The molecule has 0 unspecified atom stereocenters. The predicted octanol–water partition coefficient (Wildman–Crippen LogP) is 2.51. The van der Waals surface area contributed by atoms with Gasteiger partial charge in [0.05, 0.1) is 0 Å². The third-order valence-corrected chi connectivity index (χ3v) is 7.59. The highest BCUT2D eigenvalue weighted by atomic mass is 32.2. The Hall–Kier alpha value is -0.430. The van der Waals surface area contributed by atoms with Crippen LogP contribution in [-0.4, -0.2) is 26.5 Å². The van der Waals surface area contributed by atoms with Gasteiger partial charge in [-0.15, -0.1) is 11.3 Å². The highest BCUT2D eigenvalue weighted by Gasteiger charge is 2.40. The largest absolute Gasteiger partial charge is 0.314 e. The van der Waals surface area contributed by atoms with E-state index in [-0.39, 0.29) is 5.54 Å². The van der Waals surface area contributed by atoms with Crippen molar-refractivity contribution in [3.8, 4) is 0 Å². The summed E-state index contributed by atoms with van der Waals surface area (Å²) in [4.78, 5) is 1.13. The molecule has 3 rings (SSSR count). The summed E-state index contributed by atoms with van der Waals surface area (Å²) in [5, 5.41) is 3.46. The molecule has 1 aromatic rings. The van der Waals surface area contributed by atoms with Gasteiger partial charge in [-0.05, 0) is 64.0 Å². The molecule has 21 heavy (non-hydrogen) atoms. The molecule has 0 atom stereocenters. The zero-order chi connectivity index (χ0) is 15.1. The van der Waals surface area contributed by atoms with E-state index in [1.807, 2.05) is 19.9 Å². The van der Waals surface area contributed by atoms with Gasteiger partial charge in [-0.3, -0.25) is 0 Å². The lowest BCUT2D eigenvalue weighted by Gasteiger charge is -2.25. The molecule has 0 saturated heterocycles. The summed E-state index contributed by atoms with van der Waals surface area (Å²) in [5.41, 5.74) is -0.337. The Morgan fingerprint density at radius 1 is 1.24 bits per heavy atom. The molecule has 1 aromatic heterocycles. The lowest BCUT2D eigenvalue weighted by atomic mass is 10.0. The third-order valence-electron chi connectivity index (χ3n) is 4.28. The average Bonchev–Trinajstić information content (AvgIpc) is 3.26. The second kappa shape index (κ2) is 5.65. The highest BCUT2D eigenvalue weighted by Crippen LogP contribution is 2.40. The van der Waals surface area contributed by atoms with Crippen LogP contribution in [0, 0.1) is 5.92 Å². The van der Waals surface area contributed by atoms with Gasteiger partial charge in [-0.25, -0.2) is 13.1 Å². The first-order valence-electron chi connectivity index (χ1n) is 7.73. The maximum atomic E-state index is 12.5. The van der Waals surface area contributed by atoms with E-state index < -0.39 is 10.0 Å². The molecule has 6 heteroatoms. The Labute approximate surface area is 131 Å². The Bertz CT molecular complexity index is 599. The summed E-state index contributed by atoms with van der Waals surface area (Å²) in [7, 11) is -3.38. The zero-order valence-corrected chi connectivity index (χ0v) is 14.3. The highest BCUT2D eigenvalue weighted by molar-refractivity contribution is 7.91. The van der Waals surface area contributed by atoms with Crippen LogP contribution in [0.25, 0.3) is 0 Å². The molecule has 0 aliphatic heterocycles. The van der Waals surface area contributed by atoms with E-state index in [4.69, 9.17) is 0 Å². The average molecular weight is 329 g/mol. The number of rotatable bonds is 8. The van der Waals surface area contributed by atoms with Crippen molar-refractivity contribution in [2.24, 2.45) is 5.92 Å². The van der Waals surface area contributed by atoms with Crippen LogP contribution in [-0.2, 0) is 16.4 Å². The molecule has 0 bridgehead atoms. The molecule has 0 aromatic carbocycles. The Balaban J connectivity index is 1.60. The van der Waals surface area contributed by atoms with Crippen molar-refractivity contribution in [1.82, 2.24) is 10.0 Å². The molecule has 0 radical (unpaired) electrons. The number of thiophene rings is 1. The normalized spacial score (nSPS) is 19.9. The quantitative estimate of drug-likeness (QED) is 0.771. The monoisotopic (exact) mass is 328 g/mol. The topological polar surface area (TPSA) is 58.2 Å². The van der Waals surface area contributed by atoms with Gasteiger partial charge in [0.15, 0.2) is 0 Å². The van der Waals surface area contributed by atoms with E-state index in [2.05, 4.69) is 10.0 Å². The first kappa shape index (κ1) is 15.5. The molecular weight excluding hydrogens is 304 g/mol. The minimum Gasteiger partial charge on any atom is -0.314 e. The van der Waals surface area contributed by atoms with Crippen molar-refractivity contribution >= 4 is 21.4 Å². The van der Waals surface area contributed by atoms with Crippen molar-refractivity contribution in [1.29, 1.82) is 0 Å². The Kier molecular flexibility index (Phi) is 4.16. The van der Waals surface area contributed by atoms with Crippen molar-refractivity contribution in [3.63, 3.8) is 0 Å². The summed E-state index contributed by atoms with van der Waals surface area (Å²) >= 11 is 1.39. The molecule has 2 fully saturated rings. The molecular formula is C15H24N2O2S2. The van der Waals surface area contributed by atoms with Gasteiger partial charge >= 0.3 is 0 Å². The van der Waals surface area contributed by atoms with Crippen LogP contribution in [0.5, 0.6) is 0 Å². The SMILES string of the molecule is CC(C)(NS(=O)(=O)c1ccc(CCNC2CC2)s1)C1CC1. The molecule has 0 amide bonds. The van der Waals surface area contributed by atoms with E-state index in [1.165, 1.54) is 24.2 Å². The van der Waals surface area contributed by atoms with Gasteiger partial charge in [-0.1, -0.05) is 0 Å². The van der Waals surface area contributed by atoms with Gasteiger partial charge in [0.1, 0.15) is 4.21 Å². The maximum Gasteiger partial charge on any atom is 0.250 e. The Morgan fingerprint density at radius 3 is 2.57 bits per heavy atom. The van der Waals surface area contributed by atoms with Crippen LogP contribution in [0.4, 0.5) is 0 Å². The van der Waals surface area contributed by atoms with Gasteiger partial charge in [0.25, 0.3) is 10.0 Å². The minimum absolute atomic E-state index is 0.337. The van der Waals surface area contributed by atoms with Crippen LogP contribution >= 0.6 is 11.3 Å². The lowest BCUT2D eigenvalue weighted by Crippen LogP contribution is -2.44. The number of hydrogen-bond acceptors (Lipinski definition) is 4. The Morgan fingerprint density at radius 2 is 1.95 bits per heavy atom. The van der Waals surface area contributed by atoms with E-state index in [9.17, 15) is 8.42 Å². The standard InChI is InChI=1S/C15H24N2O2S2/c1-15(2,11-3-4-11)17-21(18,19)14-8-7-13(20-14)9-10-16-12-5-6-12/h7-8,11-12,16-17H,3-6,9-10H2,1-2H3. The first-order valence-corrected chi connectivity index (χ1v) is 10.0. The molecule has 2 aliphatic carbocycles. The van der Waals surface area contributed by atoms with Crippen molar-refractivity contribution in [2.75, 3.05) is 6.54 Å². The van der Waals surface area contributed by atoms with Crippen LogP contribution in [0.15, 0.2) is 16.3 Å². The van der Waals surface area contributed by atoms with Crippen LogP contribution in [0.1, 0.15) is 44.4 Å².